The molecular formula is C22H22N2O4. The topological polar surface area (TPSA) is 83.6 Å². The molecule has 6 heteroatoms. The summed E-state index contributed by atoms with van der Waals surface area (Å²) in [6, 6.07) is 13.7. The molecular weight excluding hydrogens is 356 g/mol. The highest BCUT2D eigenvalue weighted by atomic mass is 16.5. The van der Waals surface area contributed by atoms with Gasteiger partial charge in [0, 0.05) is 30.7 Å². The number of benzene rings is 2. The van der Waals surface area contributed by atoms with Gasteiger partial charge in [-0.25, -0.2) is 4.79 Å². The highest BCUT2D eigenvalue weighted by molar-refractivity contribution is 5.96. The van der Waals surface area contributed by atoms with Crippen molar-refractivity contribution in [3.05, 3.63) is 77.0 Å². The molecule has 0 fully saturated rings. The van der Waals surface area contributed by atoms with Gasteiger partial charge in [-0.15, -0.1) is 0 Å². The Morgan fingerprint density at radius 2 is 1.71 bits per heavy atom. The van der Waals surface area contributed by atoms with Crippen molar-refractivity contribution in [1.29, 1.82) is 0 Å². The van der Waals surface area contributed by atoms with Crippen LogP contribution in [0.25, 0.3) is 11.3 Å². The maximum atomic E-state index is 12.8. The molecule has 144 valence electrons. The number of carbonyl (C=O) groups is 2. The summed E-state index contributed by atoms with van der Waals surface area (Å²) in [6.07, 6.45) is 1.77. The molecule has 1 atom stereocenters. The summed E-state index contributed by atoms with van der Waals surface area (Å²) < 4.78 is 5.12. The molecule has 0 aliphatic heterocycles. The van der Waals surface area contributed by atoms with Gasteiger partial charge >= 0.3 is 5.97 Å². The van der Waals surface area contributed by atoms with E-state index in [2.05, 4.69) is 5.16 Å². The quantitative estimate of drug-likeness (QED) is 0.707. The molecule has 3 rings (SSSR count). The van der Waals surface area contributed by atoms with Gasteiger partial charge in [0.2, 0.25) is 0 Å². The minimum Gasteiger partial charge on any atom is -0.480 e. The SMILES string of the molecule is Cc1cc(C)cc(C(=O)N(C)[C@H](Cc2ccc(-c3ccno3)cc2)C(=O)O)c1. The van der Waals surface area contributed by atoms with Crippen LogP contribution in [0.5, 0.6) is 0 Å². The zero-order chi connectivity index (χ0) is 20.3. The number of hydrogen-bond acceptors (Lipinski definition) is 4. The Hall–Kier alpha value is -3.41. The van der Waals surface area contributed by atoms with E-state index in [0.717, 1.165) is 22.3 Å². The first kappa shape index (κ1) is 19.4. The minimum absolute atomic E-state index is 0.207. The lowest BCUT2D eigenvalue weighted by molar-refractivity contribution is -0.141. The number of nitrogens with zero attached hydrogens (tertiary/aromatic N) is 2. The normalized spacial score (nSPS) is 11.8. The summed E-state index contributed by atoms with van der Waals surface area (Å²) >= 11 is 0. The molecule has 0 saturated carbocycles. The van der Waals surface area contributed by atoms with Crippen molar-refractivity contribution in [1.82, 2.24) is 10.1 Å². The Bertz CT molecular complexity index is 958. The molecule has 0 aliphatic rings. The fourth-order valence-electron chi connectivity index (χ4n) is 3.23. The van der Waals surface area contributed by atoms with Crippen LogP contribution in [-0.4, -0.2) is 40.1 Å². The van der Waals surface area contributed by atoms with E-state index in [0.29, 0.717) is 11.3 Å². The fraction of sp³-hybridized carbons (Fsp3) is 0.227. The first-order valence-corrected chi connectivity index (χ1v) is 8.93. The molecule has 0 spiro atoms. The minimum atomic E-state index is -1.04. The smallest absolute Gasteiger partial charge is 0.326 e. The molecule has 28 heavy (non-hydrogen) atoms. The van der Waals surface area contributed by atoms with Crippen LogP contribution in [-0.2, 0) is 11.2 Å². The first-order chi connectivity index (χ1) is 13.3. The Balaban J connectivity index is 1.79. The summed E-state index contributed by atoms with van der Waals surface area (Å²) in [5.74, 6) is -0.708. The van der Waals surface area contributed by atoms with Crippen LogP contribution in [0.2, 0.25) is 0 Å². The van der Waals surface area contributed by atoms with Crippen molar-refractivity contribution in [3.63, 3.8) is 0 Å². The molecule has 6 nitrogen and oxygen atoms in total. The van der Waals surface area contributed by atoms with Gasteiger partial charge in [0.05, 0.1) is 6.20 Å². The number of carboxylic acids is 1. The second-order valence-corrected chi connectivity index (χ2v) is 6.92. The number of amides is 1. The van der Waals surface area contributed by atoms with Crippen molar-refractivity contribution >= 4 is 11.9 Å². The molecule has 0 aliphatic carbocycles. The average molecular weight is 378 g/mol. The van der Waals surface area contributed by atoms with E-state index >= 15 is 0 Å². The number of hydrogen-bond donors (Lipinski definition) is 1. The Labute approximate surface area is 163 Å². The van der Waals surface area contributed by atoms with Crippen LogP contribution in [0, 0.1) is 13.8 Å². The number of likely N-dealkylation sites (N-methyl/N-ethyl adjacent to an activating group) is 1. The number of aromatic nitrogens is 1. The van der Waals surface area contributed by atoms with E-state index in [4.69, 9.17) is 4.52 Å². The van der Waals surface area contributed by atoms with Crippen LogP contribution in [0.1, 0.15) is 27.0 Å². The summed E-state index contributed by atoms with van der Waals surface area (Å²) in [7, 11) is 1.53. The maximum Gasteiger partial charge on any atom is 0.326 e. The third-order valence-electron chi connectivity index (χ3n) is 4.65. The summed E-state index contributed by atoms with van der Waals surface area (Å²) in [6.45, 7) is 3.82. The van der Waals surface area contributed by atoms with Gasteiger partial charge in [-0.2, -0.15) is 0 Å². The number of rotatable bonds is 6. The van der Waals surface area contributed by atoms with E-state index in [1.165, 1.54) is 11.9 Å². The molecule has 1 heterocycles. The summed E-state index contributed by atoms with van der Waals surface area (Å²) in [5, 5.41) is 13.4. The third kappa shape index (κ3) is 4.28. The van der Waals surface area contributed by atoms with Crippen molar-refractivity contribution < 1.29 is 19.2 Å². The molecule has 1 aromatic heterocycles. The zero-order valence-electron chi connectivity index (χ0n) is 16.0. The molecule has 0 radical (unpaired) electrons. The third-order valence-corrected chi connectivity index (χ3v) is 4.65. The predicted molar refractivity (Wildman–Crippen MR) is 105 cm³/mol. The van der Waals surface area contributed by atoms with E-state index in [-0.39, 0.29) is 12.3 Å². The molecule has 1 amide bonds. The van der Waals surface area contributed by atoms with Crippen LogP contribution < -0.4 is 0 Å². The lowest BCUT2D eigenvalue weighted by Crippen LogP contribution is -2.43. The van der Waals surface area contributed by atoms with Gasteiger partial charge in [-0.3, -0.25) is 4.79 Å². The number of carboxylic acid groups (broad SMARTS) is 1. The van der Waals surface area contributed by atoms with Gasteiger partial charge in [0.25, 0.3) is 5.91 Å². The lowest BCUT2D eigenvalue weighted by atomic mass is 10.0. The highest BCUT2D eigenvalue weighted by Crippen LogP contribution is 2.20. The van der Waals surface area contributed by atoms with E-state index in [9.17, 15) is 14.7 Å². The van der Waals surface area contributed by atoms with Gasteiger partial charge in [-0.05, 0) is 31.5 Å². The monoisotopic (exact) mass is 378 g/mol. The largest absolute Gasteiger partial charge is 0.480 e. The fourth-order valence-corrected chi connectivity index (χ4v) is 3.23. The lowest BCUT2D eigenvalue weighted by Gasteiger charge is -2.25. The second-order valence-electron chi connectivity index (χ2n) is 6.92. The predicted octanol–water partition coefficient (Wildman–Crippen LogP) is 3.73. The van der Waals surface area contributed by atoms with Gasteiger partial charge in [0.1, 0.15) is 6.04 Å². The van der Waals surface area contributed by atoms with Crippen molar-refractivity contribution in [2.75, 3.05) is 7.05 Å². The number of aryl methyl sites for hydroxylation is 2. The standard InChI is InChI=1S/C22H22N2O4/c1-14-10-15(2)12-18(11-14)21(25)24(3)19(22(26)27)13-16-4-6-17(7-5-16)20-8-9-23-28-20/h4-12,19H,13H2,1-3H3,(H,26,27)/t19-/m1/s1. The zero-order valence-corrected chi connectivity index (χ0v) is 16.0. The molecule has 0 saturated heterocycles. The van der Waals surface area contributed by atoms with Crippen LogP contribution in [0.4, 0.5) is 0 Å². The number of aliphatic carboxylic acids is 1. The maximum absolute atomic E-state index is 12.8. The van der Waals surface area contributed by atoms with Gasteiger partial charge in [0.15, 0.2) is 5.76 Å². The molecule has 1 N–H and O–H groups in total. The first-order valence-electron chi connectivity index (χ1n) is 8.93. The van der Waals surface area contributed by atoms with Crippen molar-refractivity contribution in [2.24, 2.45) is 0 Å². The van der Waals surface area contributed by atoms with E-state index in [1.807, 2.05) is 44.2 Å². The Kier molecular flexibility index (Phi) is 5.59. The molecule has 0 bridgehead atoms. The van der Waals surface area contributed by atoms with Crippen molar-refractivity contribution in [3.8, 4) is 11.3 Å². The van der Waals surface area contributed by atoms with Gasteiger partial charge in [-0.1, -0.05) is 46.6 Å². The van der Waals surface area contributed by atoms with Crippen molar-refractivity contribution in [2.45, 2.75) is 26.3 Å². The average Bonchev–Trinajstić information content (AvgIpc) is 3.19. The number of carbonyl (C=O) groups excluding carboxylic acids is 1. The van der Waals surface area contributed by atoms with Crippen LogP contribution in [0.3, 0.4) is 0 Å². The second kappa shape index (κ2) is 8.08. The van der Waals surface area contributed by atoms with Crippen LogP contribution >= 0.6 is 0 Å². The summed E-state index contributed by atoms with van der Waals surface area (Å²) in [5.41, 5.74) is 4.09. The van der Waals surface area contributed by atoms with E-state index in [1.54, 1.807) is 24.4 Å². The van der Waals surface area contributed by atoms with E-state index < -0.39 is 12.0 Å². The Morgan fingerprint density at radius 3 is 2.25 bits per heavy atom. The highest BCUT2D eigenvalue weighted by Gasteiger charge is 2.27. The molecule has 3 aromatic rings. The molecule has 2 aromatic carbocycles. The van der Waals surface area contributed by atoms with Gasteiger partial charge < -0.3 is 14.5 Å². The Morgan fingerprint density at radius 1 is 1.07 bits per heavy atom. The molecule has 0 unspecified atom stereocenters. The summed E-state index contributed by atoms with van der Waals surface area (Å²) in [4.78, 5) is 26.0. The van der Waals surface area contributed by atoms with Crippen LogP contribution in [0.15, 0.2) is 59.3 Å².